The number of rotatable bonds is 6. The zero-order valence-corrected chi connectivity index (χ0v) is 20.2. The van der Waals surface area contributed by atoms with E-state index < -0.39 is 0 Å². The van der Waals surface area contributed by atoms with Gasteiger partial charge in [-0.15, -0.1) is 0 Å². The summed E-state index contributed by atoms with van der Waals surface area (Å²) in [6, 6.07) is 23.4. The molecule has 35 heavy (non-hydrogen) atoms. The zero-order chi connectivity index (χ0) is 23.9. The zero-order valence-electron chi connectivity index (χ0n) is 20.2. The number of nitrogens with zero attached hydrogens (tertiary/aromatic N) is 2. The lowest BCUT2D eigenvalue weighted by molar-refractivity contribution is 0.0662. The molecule has 0 radical (unpaired) electrons. The van der Waals surface area contributed by atoms with Crippen LogP contribution in [-0.4, -0.2) is 36.1 Å². The maximum absolute atomic E-state index is 14.2. The number of benzene rings is 3. The van der Waals surface area contributed by atoms with Crippen molar-refractivity contribution in [2.24, 2.45) is 0 Å². The molecule has 1 aromatic heterocycles. The van der Waals surface area contributed by atoms with Gasteiger partial charge in [-0.05, 0) is 60.6 Å². The number of amides is 1. The molecule has 1 amide bonds. The molecule has 2 heterocycles. The molecule has 5 heteroatoms. The van der Waals surface area contributed by atoms with Crippen LogP contribution in [0.25, 0.3) is 10.9 Å². The van der Waals surface area contributed by atoms with Gasteiger partial charge in [-0.25, -0.2) is 0 Å². The van der Waals surface area contributed by atoms with Crippen LogP contribution in [-0.2, 0) is 12.8 Å². The van der Waals surface area contributed by atoms with Crippen molar-refractivity contribution in [2.75, 3.05) is 20.8 Å². The van der Waals surface area contributed by atoms with Crippen molar-refractivity contribution in [1.82, 2.24) is 9.47 Å². The van der Waals surface area contributed by atoms with Gasteiger partial charge in [-0.3, -0.25) is 4.79 Å². The first-order chi connectivity index (χ1) is 17.2. The van der Waals surface area contributed by atoms with Crippen LogP contribution in [0.3, 0.4) is 0 Å². The van der Waals surface area contributed by atoms with Crippen molar-refractivity contribution in [1.29, 1.82) is 0 Å². The second-order valence-corrected chi connectivity index (χ2v) is 9.55. The van der Waals surface area contributed by atoms with Gasteiger partial charge in [0, 0.05) is 29.7 Å². The number of fused-ring (bicyclic) bond motifs is 2. The molecule has 3 aromatic carbocycles. The molecule has 1 atom stereocenters. The van der Waals surface area contributed by atoms with Crippen molar-refractivity contribution >= 4 is 16.8 Å². The highest BCUT2D eigenvalue weighted by atomic mass is 16.5. The number of carbonyl (C=O) groups excluding carboxylic acids is 1. The monoisotopic (exact) mass is 466 g/mol. The molecule has 1 unspecified atom stereocenters. The molecule has 1 fully saturated rings. The standard InChI is InChI=1S/C30H30N2O3/c1-34-28-14-11-20(18-29(28)35-2)17-27-23-8-4-3-7-21(23)15-16-31(27)30(33)25-19-32(22-12-13-22)26-10-6-5-9-24(25)26/h3-11,14,18-19,22,27H,12-13,15-17H2,1-2H3. The average Bonchev–Trinajstić information content (AvgIpc) is 3.68. The summed E-state index contributed by atoms with van der Waals surface area (Å²) < 4.78 is 13.3. The minimum Gasteiger partial charge on any atom is -0.493 e. The lowest BCUT2D eigenvalue weighted by Crippen LogP contribution is -2.41. The highest BCUT2D eigenvalue weighted by Crippen LogP contribution is 2.41. The van der Waals surface area contributed by atoms with Crippen molar-refractivity contribution in [3.63, 3.8) is 0 Å². The number of para-hydroxylation sites is 1. The Balaban J connectivity index is 1.40. The van der Waals surface area contributed by atoms with E-state index in [2.05, 4.69) is 64.2 Å². The fourth-order valence-electron chi connectivity index (χ4n) is 5.53. The van der Waals surface area contributed by atoms with Crippen molar-refractivity contribution < 1.29 is 14.3 Å². The van der Waals surface area contributed by atoms with E-state index >= 15 is 0 Å². The summed E-state index contributed by atoms with van der Waals surface area (Å²) in [5, 5.41) is 1.05. The van der Waals surface area contributed by atoms with E-state index in [0.29, 0.717) is 30.5 Å². The van der Waals surface area contributed by atoms with Crippen LogP contribution in [0.5, 0.6) is 11.5 Å². The molecule has 0 bridgehead atoms. The minimum atomic E-state index is -0.0476. The molecule has 4 aromatic rings. The van der Waals surface area contributed by atoms with Gasteiger partial charge in [0.05, 0.1) is 25.8 Å². The Bertz CT molecular complexity index is 1400. The first-order valence-electron chi connectivity index (χ1n) is 12.4. The molecular weight excluding hydrogens is 436 g/mol. The van der Waals surface area contributed by atoms with Crippen LogP contribution >= 0.6 is 0 Å². The van der Waals surface area contributed by atoms with E-state index in [1.807, 2.05) is 18.2 Å². The average molecular weight is 467 g/mol. The number of carbonyl (C=O) groups is 1. The smallest absolute Gasteiger partial charge is 0.256 e. The number of methoxy groups -OCH3 is 2. The Morgan fingerprint density at radius 2 is 1.71 bits per heavy atom. The first kappa shape index (κ1) is 21.8. The maximum atomic E-state index is 14.2. The van der Waals surface area contributed by atoms with Gasteiger partial charge in [-0.2, -0.15) is 0 Å². The first-order valence-corrected chi connectivity index (χ1v) is 12.4. The van der Waals surface area contributed by atoms with Crippen LogP contribution in [0.1, 0.15) is 52.0 Å². The van der Waals surface area contributed by atoms with E-state index in [-0.39, 0.29) is 11.9 Å². The predicted octanol–water partition coefficient (Wildman–Crippen LogP) is 5.98. The van der Waals surface area contributed by atoms with E-state index in [1.165, 1.54) is 24.0 Å². The molecule has 0 spiro atoms. The Labute approximate surface area is 205 Å². The van der Waals surface area contributed by atoms with Gasteiger partial charge in [0.2, 0.25) is 0 Å². The van der Waals surface area contributed by atoms with Crippen molar-refractivity contribution in [2.45, 2.75) is 37.8 Å². The van der Waals surface area contributed by atoms with E-state index in [9.17, 15) is 4.79 Å². The number of ether oxygens (including phenoxy) is 2. The predicted molar refractivity (Wildman–Crippen MR) is 137 cm³/mol. The molecule has 0 saturated heterocycles. The third-order valence-corrected chi connectivity index (χ3v) is 7.46. The summed E-state index contributed by atoms with van der Waals surface area (Å²) in [6.07, 6.45) is 6.05. The summed E-state index contributed by atoms with van der Waals surface area (Å²) in [5.41, 5.74) is 5.63. The van der Waals surface area contributed by atoms with E-state index in [0.717, 1.165) is 28.5 Å². The normalized spacial score (nSPS) is 17.3. The highest BCUT2D eigenvalue weighted by molar-refractivity contribution is 6.07. The molecule has 178 valence electrons. The van der Waals surface area contributed by atoms with Gasteiger partial charge in [0.15, 0.2) is 11.5 Å². The topological polar surface area (TPSA) is 43.7 Å². The number of hydrogen-bond acceptors (Lipinski definition) is 3. The largest absolute Gasteiger partial charge is 0.493 e. The van der Waals surface area contributed by atoms with Gasteiger partial charge < -0.3 is 18.9 Å². The second kappa shape index (κ2) is 8.81. The van der Waals surface area contributed by atoms with Gasteiger partial charge >= 0.3 is 0 Å². The molecule has 6 rings (SSSR count). The van der Waals surface area contributed by atoms with Crippen LogP contribution < -0.4 is 9.47 Å². The number of hydrogen-bond donors (Lipinski definition) is 0. The molecule has 1 aliphatic carbocycles. The van der Waals surface area contributed by atoms with Gasteiger partial charge in [0.25, 0.3) is 5.91 Å². The Morgan fingerprint density at radius 1 is 0.943 bits per heavy atom. The number of aromatic nitrogens is 1. The van der Waals surface area contributed by atoms with Crippen molar-refractivity contribution in [3.05, 3.63) is 95.2 Å². The molecule has 5 nitrogen and oxygen atoms in total. The quantitative estimate of drug-likeness (QED) is 0.351. The lowest BCUT2D eigenvalue weighted by atomic mass is 9.88. The Hall–Kier alpha value is -3.73. The van der Waals surface area contributed by atoms with Gasteiger partial charge in [-0.1, -0.05) is 48.5 Å². The maximum Gasteiger partial charge on any atom is 0.256 e. The molecule has 1 aliphatic heterocycles. The fourth-order valence-corrected chi connectivity index (χ4v) is 5.53. The summed E-state index contributed by atoms with van der Waals surface area (Å²) in [5.74, 6) is 1.53. The SMILES string of the molecule is COc1ccc(CC2c3ccccc3CCN2C(=O)c2cn(C3CC3)c3ccccc23)cc1OC. The van der Waals surface area contributed by atoms with Crippen LogP contribution in [0.2, 0.25) is 0 Å². The summed E-state index contributed by atoms with van der Waals surface area (Å²) in [6.45, 7) is 0.705. The highest BCUT2D eigenvalue weighted by Gasteiger charge is 2.34. The minimum absolute atomic E-state index is 0.0476. The lowest BCUT2D eigenvalue weighted by Gasteiger charge is -2.37. The van der Waals surface area contributed by atoms with Crippen LogP contribution in [0.4, 0.5) is 0 Å². The summed E-state index contributed by atoms with van der Waals surface area (Å²) in [7, 11) is 3.30. The molecule has 1 saturated carbocycles. The van der Waals surface area contributed by atoms with Crippen LogP contribution in [0.15, 0.2) is 72.9 Å². The Kier molecular flexibility index (Phi) is 5.48. The van der Waals surface area contributed by atoms with E-state index in [1.54, 1.807) is 14.2 Å². The van der Waals surface area contributed by atoms with E-state index in [4.69, 9.17) is 9.47 Å². The molecule has 2 aliphatic rings. The fraction of sp³-hybridized carbons (Fsp3) is 0.300. The third-order valence-electron chi connectivity index (χ3n) is 7.46. The molecule has 0 N–H and O–H groups in total. The van der Waals surface area contributed by atoms with Gasteiger partial charge in [0.1, 0.15) is 0 Å². The summed E-state index contributed by atoms with van der Waals surface area (Å²) >= 11 is 0. The second-order valence-electron chi connectivity index (χ2n) is 9.55. The third kappa shape index (κ3) is 3.85. The van der Waals surface area contributed by atoms with Crippen molar-refractivity contribution in [3.8, 4) is 11.5 Å². The Morgan fingerprint density at radius 3 is 2.51 bits per heavy atom. The molecular formula is C30H30N2O3. The summed E-state index contributed by atoms with van der Waals surface area (Å²) in [4.78, 5) is 16.3. The van der Waals surface area contributed by atoms with Crippen LogP contribution in [0, 0.1) is 0 Å².